The van der Waals surface area contributed by atoms with Gasteiger partial charge in [0.05, 0.1) is 17.4 Å². The first-order valence-electron chi connectivity index (χ1n) is 10.0. The Bertz CT molecular complexity index is 1170. The minimum Gasteiger partial charge on any atom is -0.358 e. The molecule has 158 valence electrons. The number of carbonyl (C=O) groups excluding carboxylic acids is 1. The van der Waals surface area contributed by atoms with Gasteiger partial charge in [0.25, 0.3) is 5.91 Å². The molecule has 0 bridgehead atoms. The van der Waals surface area contributed by atoms with Crippen LogP contribution in [-0.2, 0) is 0 Å². The van der Waals surface area contributed by atoms with Gasteiger partial charge < -0.3 is 15.1 Å². The van der Waals surface area contributed by atoms with Gasteiger partial charge in [-0.15, -0.1) is 0 Å². The van der Waals surface area contributed by atoms with E-state index in [1.54, 1.807) is 18.6 Å². The number of amides is 1. The summed E-state index contributed by atoms with van der Waals surface area (Å²) in [6.45, 7) is 1.80. The topological polar surface area (TPSA) is 90.0 Å². The van der Waals surface area contributed by atoms with E-state index in [1.807, 2.05) is 63.6 Å². The lowest BCUT2D eigenvalue weighted by atomic mass is 10.0. The zero-order chi connectivity index (χ0) is 21.8. The van der Waals surface area contributed by atoms with Crippen molar-refractivity contribution >= 4 is 28.3 Å². The van der Waals surface area contributed by atoms with Crippen molar-refractivity contribution in [2.45, 2.75) is 0 Å². The highest BCUT2D eigenvalue weighted by molar-refractivity contribution is 6.11. The lowest BCUT2D eigenvalue weighted by Gasteiger charge is -2.20. The molecule has 0 aliphatic carbocycles. The Labute approximate surface area is 180 Å². The van der Waals surface area contributed by atoms with Crippen LogP contribution in [0.5, 0.6) is 0 Å². The van der Waals surface area contributed by atoms with Gasteiger partial charge in [-0.2, -0.15) is 5.10 Å². The van der Waals surface area contributed by atoms with Crippen molar-refractivity contribution in [1.82, 2.24) is 25.1 Å². The maximum atomic E-state index is 12.9. The van der Waals surface area contributed by atoms with Crippen molar-refractivity contribution in [3.8, 4) is 11.1 Å². The maximum absolute atomic E-state index is 12.9. The van der Waals surface area contributed by atoms with Gasteiger partial charge in [0.2, 0.25) is 0 Å². The number of likely N-dealkylation sites (N-methyl/N-ethyl adjacent to an activating group) is 2. The van der Waals surface area contributed by atoms with Gasteiger partial charge in [0, 0.05) is 43.5 Å². The van der Waals surface area contributed by atoms with Gasteiger partial charge in [-0.3, -0.25) is 14.9 Å². The van der Waals surface area contributed by atoms with Gasteiger partial charge in [-0.1, -0.05) is 12.1 Å². The molecule has 0 aliphatic rings. The fraction of sp³-hybridized carbons (Fsp3) is 0.217. The third-order valence-corrected chi connectivity index (χ3v) is 5.05. The van der Waals surface area contributed by atoms with E-state index in [0.717, 1.165) is 40.9 Å². The number of aromatic amines is 1. The molecule has 0 radical (unpaired) electrons. The van der Waals surface area contributed by atoms with Crippen LogP contribution < -0.4 is 10.2 Å². The van der Waals surface area contributed by atoms with E-state index in [9.17, 15) is 4.79 Å². The van der Waals surface area contributed by atoms with Gasteiger partial charge in [0.15, 0.2) is 5.69 Å². The molecule has 3 aromatic heterocycles. The van der Waals surface area contributed by atoms with Gasteiger partial charge in [-0.25, -0.2) is 4.98 Å². The van der Waals surface area contributed by atoms with Crippen molar-refractivity contribution in [3.05, 3.63) is 66.7 Å². The van der Waals surface area contributed by atoms with E-state index in [-0.39, 0.29) is 5.91 Å². The Hall–Kier alpha value is -3.78. The second kappa shape index (κ2) is 8.93. The number of H-pyrrole nitrogens is 1. The number of carbonyl (C=O) groups is 1. The molecule has 4 rings (SSSR count). The van der Waals surface area contributed by atoms with Crippen molar-refractivity contribution < 1.29 is 4.79 Å². The summed E-state index contributed by atoms with van der Waals surface area (Å²) in [6, 6.07) is 13.5. The second-order valence-corrected chi connectivity index (χ2v) is 7.66. The predicted octanol–water partition coefficient (Wildman–Crippen LogP) is 3.27. The summed E-state index contributed by atoms with van der Waals surface area (Å²) in [4.78, 5) is 25.7. The number of hydrogen-bond donors (Lipinski definition) is 2. The molecule has 3 heterocycles. The minimum atomic E-state index is -0.287. The summed E-state index contributed by atoms with van der Waals surface area (Å²) < 4.78 is 0. The first-order chi connectivity index (χ1) is 15.0. The third-order valence-electron chi connectivity index (χ3n) is 5.05. The van der Waals surface area contributed by atoms with E-state index in [0.29, 0.717) is 11.4 Å². The van der Waals surface area contributed by atoms with Crippen molar-refractivity contribution in [2.24, 2.45) is 0 Å². The summed E-state index contributed by atoms with van der Waals surface area (Å²) in [5.41, 5.74) is 3.72. The van der Waals surface area contributed by atoms with Crippen LogP contribution in [0.3, 0.4) is 0 Å². The molecule has 0 unspecified atom stereocenters. The van der Waals surface area contributed by atoms with E-state index < -0.39 is 0 Å². The Morgan fingerprint density at radius 2 is 1.90 bits per heavy atom. The summed E-state index contributed by atoms with van der Waals surface area (Å²) in [5.74, 6) is 0.566. The van der Waals surface area contributed by atoms with Crippen LogP contribution in [0.25, 0.3) is 22.0 Å². The average Bonchev–Trinajstić information content (AvgIpc) is 3.22. The van der Waals surface area contributed by atoms with Crippen LogP contribution in [0, 0.1) is 0 Å². The van der Waals surface area contributed by atoms with Crippen LogP contribution in [0.1, 0.15) is 10.5 Å². The zero-order valence-corrected chi connectivity index (χ0v) is 17.8. The fourth-order valence-corrected chi connectivity index (χ4v) is 3.24. The van der Waals surface area contributed by atoms with Crippen molar-refractivity contribution in [3.63, 3.8) is 0 Å². The van der Waals surface area contributed by atoms with Crippen LogP contribution >= 0.6 is 0 Å². The average molecular weight is 416 g/mol. The Morgan fingerprint density at radius 3 is 2.61 bits per heavy atom. The molecule has 31 heavy (non-hydrogen) atoms. The first kappa shape index (κ1) is 20.5. The zero-order valence-electron chi connectivity index (χ0n) is 17.8. The monoisotopic (exact) mass is 415 g/mol. The largest absolute Gasteiger partial charge is 0.358 e. The maximum Gasteiger partial charge on any atom is 0.276 e. The smallest absolute Gasteiger partial charge is 0.276 e. The molecule has 1 aromatic carbocycles. The molecule has 0 saturated carbocycles. The van der Waals surface area contributed by atoms with Crippen LogP contribution in [-0.4, -0.2) is 65.2 Å². The molecule has 8 heteroatoms. The Morgan fingerprint density at radius 1 is 1.03 bits per heavy atom. The number of nitrogens with zero attached hydrogens (tertiary/aromatic N) is 5. The van der Waals surface area contributed by atoms with Gasteiger partial charge in [0.1, 0.15) is 5.82 Å². The molecule has 0 fully saturated rings. The molecule has 4 aromatic rings. The summed E-state index contributed by atoms with van der Waals surface area (Å²) >= 11 is 0. The molecule has 0 atom stereocenters. The third kappa shape index (κ3) is 4.70. The molecule has 8 nitrogen and oxygen atoms in total. The normalized spacial score (nSPS) is 11.1. The quantitative estimate of drug-likeness (QED) is 0.482. The lowest BCUT2D eigenvalue weighted by molar-refractivity contribution is 0.102. The number of aromatic nitrogens is 4. The fourth-order valence-electron chi connectivity index (χ4n) is 3.24. The lowest BCUT2D eigenvalue weighted by Crippen LogP contribution is -2.28. The summed E-state index contributed by atoms with van der Waals surface area (Å²) in [6.07, 6.45) is 5.19. The first-order valence-corrected chi connectivity index (χ1v) is 10.0. The number of anilines is 2. The molecule has 0 aliphatic heterocycles. The van der Waals surface area contributed by atoms with Gasteiger partial charge in [-0.05, 0) is 50.0 Å². The molecule has 1 amide bonds. The second-order valence-electron chi connectivity index (χ2n) is 7.66. The van der Waals surface area contributed by atoms with Crippen molar-refractivity contribution in [1.29, 1.82) is 0 Å². The number of pyridine rings is 2. The van der Waals surface area contributed by atoms with Crippen LogP contribution in [0.4, 0.5) is 11.5 Å². The van der Waals surface area contributed by atoms with E-state index in [1.165, 1.54) is 0 Å². The van der Waals surface area contributed by atoms with E-state index in [4.69, 9.17) is 0 Å². The summed E-state index contributed by atoms with van der Waals surface area (Å²) in [5, 5.41) is 10.8. The number of hydrogen-bond acceptors (Lipinski definition) is 6. The minimum absolute atomic E-state index is 0.287. The number of rotatable bonds is 7. The highest BCUT2D eigenvalue weighted by Gasteiger charge is 2.16. The number of benzene rings is 1. The molecule has 0 saturated heterocycles. The molecular weight excluding hydrogens is 390 g/mol. The van der Waals surface area contributed by atoms with E-state index >= 15 is 0 Å². The Kier molecular flexibility index (Phi) is 5.90. The predicted molar refractivity (Wildman–Crippen MR) is 123 cm³/mol. The highest BCUT2D eigenvalue weighted by Crippen LogP contribution is 2.25. The summed E-state index contributed by atoms with van der Waals surface area (Å²) in [7, 11) is 6.08. The number of fused-ring (bicyclic) bond motifs is 1. The molecule has 0 spiro atoms. The highest BCUT2D eigenvalue weighted by atomic mass is 16.1. The molecule has 2 N–H and O–H groups in total. The Balaban J connectivity index is 1.51. The van der Waals surface area contributed by atoms with Crippen LogP contribution in [0.15, 0.2) is 61.1 Å². The van der Waals surface area contributed by atoms with E-state index in [2.05, 4.69) is 35.3 Å². The molecular formula is C23H25N7O. The SMILES string of the molecule is CN(C)CCN(C)c1ccc(NC(=O)c2n[nH]c3ccc(-c4cccnc4)cc23)cn1. The van der Waals surface area contributed by atoms with Crippen LogP contribution in [0.2, 0.25) is 0 Å². The number of nitrogens with one attached hydrogen (secondary N) is 2. The van der Waals surface area contributed by atoms with Gasteiger partial charge >= 0.3 is 0 Å². The van der Waals surface area contributed by atoms with Crippen molar-refractivity contribution in [2.75, 3.05) is 44.4 Å². The standard InChI is InChI=1S/C23H25N7O/c1-29(2)11-12-30(3)21-9-7-18(15-25-21)26-23(31)22-19-13-16(6-8-20(19)27-28-22)17-5-4-10-24-14-17/h4-10,13-15H,11-12H2,1-3H3,(H,26,31)(H,27,28).